The molecule has 214 valence electrons. The van der Waals surface area contributed by atoms with E-state index in [1.807, 2.05) is 42.5 Å². The molecule has 2 amide bonds. The lowest BCUT2D eigenvalue weighted by Gasteiger charge is -2.47. The number of rotatable bonds is 6. The topological polar surface area (TPSA) is 90.9 Å². The average molecular weight is 706 g/mol. The summed E-state index contributed by atoms with van der Waals surface area (Å²) in [7, 11) is 0. The van der Waals surface area contributed by atoms with Crippen LogP contribution in [-0.4, -0.2) is 54.2 Å². The molecular weight excluding hydrogens is 676 g/mol. The predicted molar refractivity (Wildman–Crippen MR) is 168 cm³/mol. The number of hydrogen-bond acceptors (Lipinski definition) is 5. The second-order valence-electron chi connectivity index (χ2n) is 10.9. The Kier molecular flexibility index (Phi) is 8.22. The fourth-order valence-electron chi connectivity index (χ4n) is 6.69. The second-order valence-corrected chi connectivity index (χ2v) is 13.0. The Morgan fingerprint density at radius 3 is 2.56 bits per heavy atom. The first kappa shape index (κ1) is 28.7. The summed E-state index contributed by atoms with van der Waals surface area (Å²) in [6, 6.07) is 18.1. The van der Waals surface area contributed by atoms with Crippen LogP contribution in [0.2, 0.25) is 10.0 Å². The third-order valence-electron chi connectivity index (χ3n) is 8.53. The van der Waals surface area contributed by atoms with E-state index < -0.39 is 17.4 Å². The maximum absolute atomic E-state index is 14.4. The number of anilines is 1. The van der Waals surface area contributed by atoms with Crippen molar-refractivity contribution in [2.75, 3.05) is 31.6 Å². The van der Waals surface area contributed by atoms with Crippen molar-refractivity contribution in [2.45, 2.75) is 42.7 Å². The number of piperidine rings is 2. The maximum Gasteiger partial charge on any atom is 0.238 e. The van der Waals surface area contributed by atoms with Gasteiger partial charge in [-0.25, -0.2) is 0 Å². The molecule has 3 aromatic rings. The van der Waals surface area contributed by atoms with E-state index in [0.717, 1.165) is 46.2 Å². The van der Waals surface area contributed by atoms with Crippen LogP contribution < -0.4 is 15.4 Å². The molecule has 0 radical (unpaired) electrons. The number of ether oxygens (including phenoxy) is 1. The number of benzene rings is 3. The molecule has 7 nitrogen and oxygen atoms in total. The van der Waals surface area contributed by atoms with Gasteiger partial charge in [0.05, 0.1) is 12.6 Å². The van der Waals surface area contributed by atoms with Crippen molar-refractivity contribution >= 4 is 63.3 Å². The average Bonchev–Trinajstić information content (AvgIpc) is 3.23. The van der Waals surface area contributed by atoms with E-state index in [1.165, 1.54) is 0 Å². The Morgan fingerprint density at radius 1 is 1.02 bits per heavy atom. The highest BCUT2D eigenvalue weighted by atomic mass is 127. The molecule has 3 aliphatic heterocycles. The number of nitrogens with zero attached hydrogens (tertiary/aromatic N) is 1. The van der Waals surface area contributed by atoms with E-state index in [-0.39, 0.29) is 30.9 Å². The van der Waals surface area contributed by atoms with Crippen LogP contribution in [-0.2, 0) is 15.0 Å². The SMILES string of the molecule is O=C1CC(c2cccc(Cl)c2)C2(C(=O)Nc3cc(Cl)ccc32)C(c2cc(I)ccc2OC2CCN(CCO)CC2)N1. The van der Waals surface area contributed by atoms with Crippen LogP contribution in [0.5, 0.6) is 5.75 Å². The molecule has 10 heteroatoms. The van der Waals surface area contributed by atoms with Crippen LogP contribution in [0.25, 0.3) is 0 Å². The van der Waals surface area contributed by atoms with Gasteiger partial charge >= 0.3 is 0 Å². The van der Waals surface area contributed by atoms with Gasteiger partial charge in [0.15, 0.2) is 0 Å². The molecular formula is C31H30Cl2IN3O4. The highest BCUT2D eigenvalue weighted by Gasteiger charge is 2.61. The molecule has 2 saturated heterocycles. The lowest BCUT2D eigenvalue weighted by molar-refractivity contribution is -0.131. The summed E-state index contributed by atoms with van der Waals surface area (Å²) in [6.07, 6.45) is 1.74. The molecule has 2 fully saturated rings. The number of hydrogen-bond donors (Lipinski definition) is 3. The molecule has 0 bridgehead atoms. The molecule has 3 atom stereocenters. The smallest absolute Gasteiger partial charge is 0.238 e. The van der Waals surface area contributed by atoms with Gasteiger partial charge < -0.3 is 25.4 Å². The van der Waals surface area contributed by atoms with Crippen molar-refractivity contribution < 1.29 is 19.4 Å². The summed E-state index contributed by atoms with van der Waals surface area (Å²) in [6.45, 7) is 2.46. The number of carbonyl (C=O) groups excluding carboxylic acids is 2. The minimum atomic E-state index is -1.18. The van der Waals surface area contributed by atoms with Gasteiger partial charge in [-0.2, -0.15) is 0 Å². The van der Waals surface area contributed by atoms with Gasteiger partial charge in [-0.05, 0) is 89.0 Å². The molecule has 41 heavy (non-hydrogen) atoms. The van der Waals surface area contributed by atoms with Crippen LogP contribution in [0.1, 0.15) is 47.9 Å². The number of halogens is 3. The number of aliphatic hydroxyl groups is 1. The van der Waals surface area contributed by atoms with E-state index in [0.29, 0.717) is 28.0 Å². The molecule has 3 unspecified atom stereocenters. The maximum atomic E-state index is 14.4. The van der Waals surface area contributed by atoms with Crippen molar-refractivity contribution in [3.63, 3.8) is 0 Å². The van der Waals surface area contributed by atoms with Crippen molar-refractivity contribution in [1.29, 1.82) is 0 Å². The van der Waals surface area contributed by atoms with Crippen LogP contribution in [0.4, 0.5) is 5.69 Å². The number of likely N-dealkylation sites (tertiary alicyclic amines) is 1. The summed E-state index contributed by atoms with van der Waals surface area (Å²) in [5, 5.41) is 16.7. The van der Waals surface area contributed by atoms with Crippen molar-refractivity contribution in [3.05, 3.63) is 91.0 Å². The molecule has 0 saturated carbocycles. The van der Waals surface area contributed by atoms with Gasteiger partial charge in [-0.15, -0.1) is 0 Å². The summed E-state index contributed by atoms with van der Waals surface area (Å²) in [5.41, 5.74) is 1.82. The summed E-state index contributed by atoms with van der Waals surface area (Å²) < 4.78 is 7.61. The lowest BCUT2D eigenvalue weighted by Crippen LogP contribution is -2.57. The summed E-state index contributed by atoms with van der Waals surface area (Å²) in [4.78, 5) is 30.0. The minimum Gasteiger partial charge on any atom is -0.490 e. The first-order valence-corrected chi connectivity index (χ1v) is 15.6. The second kappa shape index (κ2) is 11.7. The van der Waals surface area contributed by atoms with Crippen LogP contribution in [0.15, 0.2) is 60.7 Å². The van der Waals surface area contributed by atoms with Gasteiger partial charge in [-0.1, -0.05) is 41.4 Å². The fraction of sp³-hybridized carbons (Fsp3) is 0.355. The first-order valence-electron chi connectivity index (χ1n) is 13.7. The van der Waals surface area contributed by atoms with E-state index in [9.17, 15) is 14.7 Å². The van der Waals surface area contributed by atoms with Crippen molar-refractivity contribution in [2.24, 2.45) is 0 Å². The largest absolute Gasteiger partial charge is 0.490 e. The number of aliphatic hydroxyl groups excluding tert-OH is 1. The van der Waals surface area contributed by atoms with E-state index >= 15 is 0 Å². The molecule has 3 aromatic carbocycles. The summed E-state index contributed by atoms with van der Waals surface area (Å²) >= 11 is 15.0. The van der Waals surface area contributed by atoms with E-state index in [2.05, 4.69) is 38.1 Å². The van der Waals surface area contributed by atoms with Gasteiger partial charge in [0, 0.05) is 56.8 Å². The van der Waals surface area contributed by atoms with E-state index in [4.69, 9.17) is 27.9 Å². The number of β-amino-alcohol motifs (C(OH)–C–C–N with tert-alkyl or cyclic N) is 1. The van der Waals surface area contributed by atoms with Gasteiger partial charge in [0.25, 0.3) is 0 Å². The lowest BCUT2D eigenvalue weighted by atomic mass is 9.59. The standard InChI is InChI=1S/C31H30Cl2IN3O4/c32-19-3-1-2-18(14-19)25-17-28(39)36-29(31(25)24-6-4-20(33)15-26(24)35-30(31)40)23-16-21(34)5-7-27(23)41-22-8-10-37(11-9-22)12-13-38/h1-7,14-16,22,25,29,38H,8-13,17H2,(H,35,40)(H,36,39). The monoisotopic (exact) mass is 705 g/mol. The number of amides is 2. The predicted octanol–water partition coefficient (Wildman–Crippen LogP) is 5.67. The number of carbonyl (C=O) groups is 2. The zero-order valence-corrected chi connectivity index (χ0v) is 25.9. The van der Waals surface area contributed by atoms with Gasteiger partial charge in [-0.3, -0.25) is 9.59 Å². The van der Waals surface area contributed by atoms with Crippen molar-refractivity contribution in [3.8, 4) is 5.75 Å². The Labute approximate surface area is 262 Å². The highest BCUT2D eigenvalue weighted by molar-refractivity contribution is 14.1. The Balaban J connectivity index is 1.49. The molecule has 3 heterocycles. The molecule has 0 aliphatic carbocycles. The summed E-state index contributed by atoms with van der Waals surface area (Å²) in [5.74, 6) is -0.192. The molecule has 0 aromatic heterocycles. The zero-order chi connectivity index (χ0) is 28.7. The van der Waals surface area contributed by atoms with Crippen LogP contribution >= 0.6 is 45.8 Å². The van der Waals surface area contributed by atoms with Gasteiger partial charge in [0.1, 0.15) is 17.3 Å². The Hall–Kier alpha value is -2.37. The first-order chi connectivity index (χ1) is 19.8. The van der Waals surface area contributed by atoms with Crippen molar-refractivity contribution in [1.82, 2.24) is 10.2 Å². The minimum absolute atomic E-state index is 0.0220. The van der Waals surface area contributed by atoms with Crippen LogP contribution in [0, 0.1) is 3.57 Å². The normalized spacial score (nSPS) is 24.7. The highest BCUT2D eigenvalue weighted by Crippen LogP contribution is 2.58. The third kappa shape index (κ3) is 5.33. The quantitative estimate of drug-likeness (QED) is 0.288. The molecule has 1 spiro atoms. The van der Waals surface area contributed by atoms with E-state index in [1.54, 1.807) is 18.2 Å². The fourth-order valence-corrected chi connectivity index (χ4v) is 7.58. The van der Waals surface area contributed by atoms with Crippen LogP contribution in [0.3, 0.4) is 0 Å². The molecule has 3 N–H and O–H groups in total. The third-order valence-corrected chi connectivity index (χ3v) is 9.67. The Bertz CT molecular complexity index is 1500. The molecule has 3 aliphatic rings. The Morgan fingerprint density at radius 2 is 1.80 bits per heavy atom. The number of fused-ring (bicyclic) bond motifs is 2. The molecule has 6 rings (SSSR count). The zero-order valence-electron chi connectivity index (χ0n) is 22.2. The number of nitrogens with one attached hydrogen (secondary N) is 2. The van der Waals surface area contributed by atoms with Gasteiger partial charge in [0.2, 0.25) is 11.8 Å².